The third kappa shape index (κ3) is 6.90. The minimum Gasteiger partial charge on any atom is -0.507 e. The fourth-order valence-corrected chi connectivity index (χ4v) is 8.30. The van der Waals surface area contributed by atoms with Crippen LogP contribution in [-0.2, 0) is 21.9 Å². The van der Waals surface area contributed by atoms with Crippen molar-refractivity contribution in [2.24, 2.45) is 0 Å². The number of aliphatic hydroxyl groups is 1. The summed E-state index contributed by atoms with van der Waals surface area (Å²) < 4.78 is 24.2. The number of rotatable bonds is 11. The SMILES string of the molecule is CCOc1cc([C@H]2C(=C(O)c3ccc4c(c3)OCCO4)C(=O)C(=O)N2c2nnc(SCc3cccc4ccccc34)s2)ccc1OCc1ccccc1. The molecule has 6 aromatic rings. The number of Topliss-reactive ketones (excluding diaryl/α,β-unsaturated/α-hetero) is 1. The van der Waals surface area contributed by atoms with Gasteiger partial charge in [0.15, 0.2) is 27.3 Å². The van der Waals surface area contributed by atoms with Crippen molar-refractivity contribution in [1.82, 2.24) is 10.2 Å². The van der Waals surface area contributed by atoms with E-state index in [1.165, 1.54) is 28.0 Å². The summed E-state index contributed by atoms with van der Waals surface area (Å²) in [6.07, 6.45) is 0. The van der Waals surface area contributed by atoms with Crippen LogP contribution in [0, 0.1) is 0 Å². The van der Waals surface area contributed by atoms with E-state index in [1.807, 2.05) is 55.5 Å². The molecule has 0 bridgehead atoms. The number of ether oxygens (including phenoxy) is 4. The molecule has 1 amide bonds. The number of benzene rings is 5. The molecule has 2 aliphatic rings. The summed E-state index contributed by atoms with van der Waals surface area (Å²) in [5, 5.41) is 23.2. The van der Waals surface area contributed by atoms with E-state index in [9.17, 15) is 14.7 Å². The second-order valence-electron chi connectivity index (χ2n) is 12.2. The van der Waals surface area contributed by atoms with Crippen LogP contribution in [0.1, 0.15) is 35.2 Å². The van der Waals surface area contributed by atoms with E-state index in [2.05, 4.69) is 34.5 Å². The van der Waals surface area contributed by atoms with Crippen LogP contribution in [0.4, 0.5) is 5.13 Å². The van der Waals surface area contributed by atoms with E-state index in [0.717, 1.165) is 21.9 Å². The summed E-state index contributed by atoms with van der Waals surface area (Å²) in [6.45, 7) is 3.27. The molecule has 0 spiro atoms. The van der Waals surface area contributed by atoms with Gasteiger partial charge in [-0.3, -0.25) is 14.5 Å². The van der Waals surface area contributed by atoms with Gasteiger partial charge in [-0.25, -0.2) is 0 Å². The van der Waals surface area contributed by atoms with Crippen LogP contribution >= 0.6 is 23.1 Å². The molecule has 53 heavy (non-hydrogen) atoms. The van der Waals surface area contributed by atoms with Crippen molar-refractivity contribution in [3.8, 4) is 23.0 Å². The Hall–Kier alpha value is -5.85. The van der Waals surface area contributed by atoms with Crippen LogP contribution in [0.5, 0.6) is 23.0 Å². The number of nitrogens with zero attached hydrogens (tertiary/aromatic N) is 3. The minimum atomic E-state index is -1.06. The lowest BCUT2D eigenvalue weighted by Crippen LogP contribution is -2.29. The van der Waals surface area contributed by atoms with E-state index in [1.54, 1.807) is 36.4 Å². The Labute approximate surface area is 313 Å². The Kier molecular flexibility index (Phi) is 9.70. The van der Waals surface area contributed by atoms with Crippen molar-refractivity contribution >= 4 is 56.5 Å². The number of carbonyl (C=O) groups excluding carboxylic acids is 2. The van der Waals surface area contributed by atoms with Gasteiger partial charge in [0.2, 0.25) is 5.13 Å². The van der Waals surface area contributed by atoms with Crippen LogP contribution in [0.2, 0.25) is 0 Å². The highest BCUT2D eigenvalue weighted by Crippen LogP contribution is 2.46. The third-order valence-electron chi connectivity index (χ3n) is 8.91. The zero-order chi connectivity index (χ0) is 36.3. The van der Waals surface area contributed by atoms with Gasteiger partial charge < -0.3 is 24.1 Å². The molecular weight excluding hydrogens is 711 g/mol. The molecule has 12 heteroatoms. The van der Waals surface area contributed by atoms with Gasteiger partial charge in [-0.15, -0.1) is 10.2 Å². The average Bonchev–Trinajstić information content (AvgIpc) is 3.77. The second-order valence-corrected chi connectivity index (χ2v) is 14.4. The lowest BCUT2D eigenvalue weighted by molar-refractivity contribution is -0.132. The highest BCUT2D eigenvalue weighted by Gasteiger charge is 2.48. The van der Waals surface area contributed by atoms with Gasteiger partial charge in [0, 0.05) is 11.3 Å². The molecule has 0 radical (unpaired) electrons. The molecule has 1 aromatic heterocycles. The second kappa shape index (κ2) is 15.0. The van der Waals surface area contributed by atoms with E-state index in [-0.39, 0.29) is 16.5 Å². The summed E-state index contributed by atoms with van der Waals surface area (Å²) >= 11 is 2.70. The number of thioether (sulfide) groups is 1. The van der Waals surface area contributed by atoms with Gasteiger partial charge in [0.05, 0.1) is 18.2 Å². The maximum absolute atomic E-state index is 14.0. The smallest absolute Gasteiger partial charge is 0.301 e. The Morgan fingerprint density at radius 3 is 2.51 bits per heavy atom. The molecule has 0 unspecified atom stereocenters. The number of hydrogen-bond acceptors (Lipinski definition) is 11. The first-order valence-corrected chi connectivity index (χ1v) is 18.9. The Bertz CT molecular complexity index is 2360. The molecule has 2 aliphatic heterocycles. The predicted molar refractivity (Wildman–Crippen MR) is 204 cm³/mol. The lowest BCUT2D eigenvalue weighted by Gasteiger charge is -2.24. The van der Waals surface area contributed by atoms with Gasteiger partial charge in [-0.2, -0.15) is 0 Å². The van der Waals surface area contributed by atoms with E-state index >= 15 is 0 Å². The highest BCUT2D eigenvalue weighted by molar-refractivity contribution is 8.00. The topological polar surface area (TPSA) is 120 Å². The number of hydrogen-bond donors (Lipinski definition) is 1. The van der Waals surface area contributed by atoms with Crippen LogP contribution in [0.3, 0.4) is 0 Å². The van der Waals surface area contributed by atoms with Crippen LogP contribution < -0.4 is 23.8 Å². The molecule has 8 rings (SSSR count). The zero-order valence-electron chi connectivity index (χ0n) is 28.6. The first-order valence-electron chi connectivity index (χ1n) is 17.1. The first kappa shape index (κ1) is 34.2. The number of carbonyl (C=O) groups is 2. The number of aromatic nitrogens is 2. The molecule has 0 saturated carbocycles. The number of fused-ring (bicyclic) bond motifs is 2. The summed E-state index contributed by atoms with van der Waals surface area (Å²) in [4.78, 5) is 29.3. The summed E-state index contributed by atoms with van der Waals surface area (Å²) in [5.74, 6) is 0.459. The van der Waals surface area contributed by atoms with Crippen molar-refractivity contribution in [3.05, 3.63) is 137 Å². The molecular formula is C41H33N3O7S2. The van der Waals surface area contributed by atoms with Gasteiger partial charge in [0.25, 0.3) is 5.78 Å². The summed E-state index contributed by atoms with van der Waals surface area (Å²) in [5.41, 5.74) is 2.83. The molecule has 1 atom stereocenters. The van der Waals surface area contributed by atoms with E-state index in [0.29, 0.717) is 70.6 Å². The Balaban J connectivity index is 1.17. The zero-order valence-corrected chi connectivity index (χ0v) is 30.2. The number of ketones is 1. The van der Waals surface area contributed by atoms with Crippen LogP contribution in [-0.4, -0.2) is 46.8 Å². The van der Waals surface area contributed by atoms with Crippen molar-refractivity contribution in [3.63, 3.8) is 0 Å². The Morgan fingerprint density at radius 1 is 0.868 bits per heavy atom. The molecule has 1 saturated heterocycles. The average molecular weight is 744 g/mol. The van der Waals surface area contributed by atoms with E-state index < -0.39 is 17.7 Å². The van der Waals surface area contributed by atoms with Gasteiger partial charge in [0.1, 0.15) is 25.6 Å². The maximum atomic E-state index is 14.0. The fourth-order valence-electron chi connectivity index (χ4n) is 6.43. The highest BCUT2D eigenvalue weighted by atomic mass is 32.2. The van der Waals surface area contributed by atoms with Crippen molar-refractivity contribution in [1.29, 1.82) is 0 Å². The summed E-state index contributed by atoms with van der Waals surface area (Å²) in [6, 6.07) is 33.2. The van der Waals surface area contributed by atoms with Crippen molar-refractivity contribution in [2.75, 3.05) is 24.7 Å². The molecule has 1 N–H and O–H groups in total. The molecule has 1 fully saturated rings. The minimum absolute atomic E-state index is 0.104. The molecule has 5 aromatic carbocycles. The standard InChI is InChI=1S/C41H33N3O7S2/c1-2-48-33-21-27(15-17-32(33)51-23-25-9-4-3-5-10-25)36-35(37(45)28-16-18-31-34(22-28)50-20-19-49-31)38(46)39(47)44(36)40-42-43-41(53-40)52-24-29-13-8-12-26-11-6-7-14-30(26)29/h3-18,21-22,36,45H,2,19-20,23-24H2,1H3/t36-/m0/s1. The maximum Gasteiger partial charge on any atom is 0.301 e. The summed E-state index contributed by atoms with van der Waals surface area (Å²) in [7, 11) is 0. The van der Waals surface area contributed by atoms with Crippen molar-refractivity contribution in [2.45, 2.75) is 29.7 Å². The lowest BCUT2D eigenvalue weighted by atomic mass is 9.95. The van der Waals surface area contributed by atoms with Crippen LogP contribution in [0.15, 0.2) is 119 Å². The third-order valence-corrected chi connectivity index (χ3v) is 11.0. The van der Waals surface area contributed by atoms with Gasteiger partial charge in [-0.1, -0.05) is 102 Å². The monoisotopic (exact) mass is 743 g/mol. The molecule has 10 nitrogen and oxygen atoms in total. The Morgan fingerprint density at radius 2 is 1.66 bits per heavy atom. The first-order chi connectivity index (χ1) is 26.0. The quantitative estimate of drug-likeness (QED) is 0.0456. The predicted octanol–water partition coefficient (Wildman–Crippen LogP) is 8.36. The van der Waals surface area contributed by atoms with Crippen molar-refractivity contribution < 1.29 is 33.6 Å². The number of aliphatic hydroxyl groups excluding tert-OH is 1. The molecule has 3 heterocycles. The van der Waals surface area contributed by atoms with Gasteiger partial charge in [-0.05, 0) is 64.7 Å². The largest absolute Gasteiger partial charge is 0.507 e. The number of anilines is 1. The fraction of sp³-hybridized carbons (Fsp3) is 0.171. The van der Waals surface area contributed by atoms with Crippen LogP contribution in [0.25, 0.3) is 16.5 Å². The molecule has 266 valence electrons. The van der Waals surface area contributed by atoms with Gasteiger partial charge >= 0.3 is 5.91 Å². The van der Waals surface area contributed by atoms with E-state index in [4.69, 9.17) is 18.9 Å². The number of amides is 1. The molecule has 0 aliphatic carbocycles. The normalized spacial score (nSPS) is 16.2.